The minimum absolute atomic E-state index is 0.309. The smallest absolute Gasteiger partial charge is 0.328 e. The van der Waals surface area contributed by atoms with E-state index in [4.69, 9.17) is 4.74 Å². The molecule has 1 amide bonds. The number of ether oxygens (including phenoxy) is 1. The highest BCUT2D eigenvalue weighted by Gasteiger charge is 2.22. The Bertz CT molecular complexity index is 1030. The van der Waals surface area contributed by atoms with E-state index in [0.717, 1.165) is 16.5 Å². The minimum Gasteiger partial charge on any atom is -0.456 e. The zero-order chi connectivity index (χ0) is 21.0. The van der Waals surface area contributed by atoms with Gasteiger partial charge in [0.05, 0.1) is 0 Å². The van der Waals surface area contributed by atoms with E-state index < -0.39 is 18.6 Å². The Hall–Kier alpha value is -3.26. The number of amides is 1. The van der Waals surface area contributed by atoms with Crippen molar-refractivity contribution >= 4 is 29.0 Å². The number of aromatic nitrogens is 2. The number of esters is 1. The maximum Gasteiger partial charge on any atom is 0.328 e. The summed E-state index contributed by atoms with van der Waals surface area (Å²) in [5, 5.41) is 5.20. The van der Waals surface area contributed by atoms with Crippen LogP contribution in [-0.2, 0) is 9.53 Å². The minimum atomic E-state index is -0.877. The summed E-state index contributed by atoms with van der Waals surface area (Å²) in [4.78, 5) is 41.2. The van der Waals surface area contributed by atoms with E-state index in [1.807, 2.05) is 23.8 Å². The number of carbonyl (C=O) groups excluding carboxylic acids is 3. The molecule has 0 aliphatic carbocycles. The van der Waals surface area contributed by atoms with Gasteiger partial charge in [0.1, 0.15) is 6.04 Å². The average Bonchev–Trinajstić information content (AvgIpc) is 3.34. The van der Waals surface area contributed by atoms with Crippen LogP contribution in [0.2, 0.25) is 0 Å². The molecule has 29 heavy (non-hydrogen) atoms. The van der Waals surface area contributed by atoms with Gasteiger partial charge in [0.2, 0.25) is 5.78 Å². The summed E-state index contributed by atoms with van der Waals surface area (Å²) in [6, 6.07) is 9.44. The number of aryl methyl sites for hydroxylation is 1. The first-order chi connectivity index (χ1) is 13.9. The Kier molecular flexibility index (Phi) is 6.23. The molecular formula is C21H21N3O4S. The number of benzene rings is 1. The molecule has 1 unspecified atom stereocenters. The SMILES string of the molecule is Cc1cc(C(=O)COC(=O)C(C)NC(=O)c2ccccc2)c(C)n1-c1nccs1. The van der Waals surface area contributed by atoms with Crippen molar-refractivity contribution in [3.8, 4) is 5.13 Å². The van der Waals surface area contributed by atoms with Gasteiger partial charge in [0, 0.05) is 34.1 Å². The van der Waals surface area contributed by atoms with Crippen molar-refractivity contribution in [1.82, 2.24) is 14.9 Å². The molecule has 0 aliphatic rings. The van der Waals surface area contributed by atoms with Crippen molar-refractivity contribution in [3.05, 3.63) is 70.5 Å². The molecule has 1 aromatic carbocycles. The number of thiazole rings is 1. The van der Waals surface area contributed by atoms with Crippen LogP contribution in [0.25, 0.3) is 5.13 Å². The number of ketones is 1. The highest BCUT2D eigenvalue weighted by atomic mass is 32.1. The second kappa shape index (κ2) is 8.83. The number of Topliss-reactive ketones (excluding diaryl/α,β-unsaturated/α-hetero) is 1. The third-order valence-corrected chi connectivity index (χ3v) is 5.18. The van der Waals surface area contributed by atoms with Crippen LogP contribution in [0, 0.1) is 13.8 Å². The van der Waals surface area contributed by atoms with Gasteiger partial charge in [-0.25, -0.2) is 9.78 Å². The fourth-order valence-corrected chi connectivity index (χ4v) is 3.69. The zero-order valence-corrected chi connectivity index (χ0v) is 17.2. The average molecular weight is 411 g/mol. The Morgan fingerprint density at radius 2 is 1.93 bits per heavy atom. The first kappa shape index (κ1) is 20.5. The molecule has 0 saturated heterocycles. The molecule has 2 heterocycles. The topological polar surface area (TPSA) is 90.3 Å². The molecule has 7 nitrogen and oxygen atoms in total. The molecule has 0 aliphatic heterocycles. The van der Waals surface area contributed by atoms with E-state index in [0.29, 0.717) is 11.1 Å². The Morgan fingerprint density at radius 3 is 2.59 bits per heavy atom. The van der Waals surface area contributed by atoms with Crippen molar-refractivity contribution in [2.45, 2.75) is 26.8 Å². The molecule has 1 N–H and O–H groups in total. The lowest BCUT2D eigenvalue weighted by atomic mass is 10.1. The zero-order valence-electron chi connectivity index (χ0n) is 16.3. The number of nitrogens with one attached hydrogen (secondary N) is 1. The van der Waals surface area contributed by atoms with Crippen molar-refractivity contribution in [3.63, 3.8) is 0 Å². The summed E-state index contributed by atoms with van der Waals surface area (Å²) in [6.45, 7) is 4.83. The molecule has 150 valence electrons. The Labute approximate surface area is 172 Å². The van der Waals surface area contributed by atoms with Crippen molar-refractivity contribution in [1.29, 1.82) is 0 Å². The van der Waals surface area contributed by atoms with Gasteiger partial charge in [-0.15, -0.1) is 11.3 Å². The third kappa shape index (κ3) is 4.60. The van der Waals surface area contributed by atoms with E-state index in [1.54, 1.807) is 42.6 Å². The molecular weight excluding hydrogens is 390 g/mol. The van der Waals surface area contributed by atoms with Gasteiger partial charge >= 0.3 is 5.97 Å². The molecule has 0 fully saturated rings. The lowest BCUT2D eigenvalue weighted by Crippen LogP contribution is -2.40. The normalized spacial score (nSPS) is 11.7. The third-order valence-electron chi connectivity index (χ3n) is 4.42. The van der Waals surface area contributed by atoms with Crippen LogP contribution in [-0.4, -0.2) is 39.9 Å². The van der Waals surface area contributed by atoms with Crippen LogP contribution in [0.5, 0.6) is 0 Å². The van der Waals surface area contributed by atoms with Gasteiger partial charge in [-0.1, -0.05) is 18.2 Å². The van der Waals surface area contributed by atoms with Crippen LogP contribution in [0.4, 0.5) is 0 Å². The quantitative estimate of drug-likeness (QED) is 0.477. The Morgan fingerprint density at radius 1 is 1.21 bits per heavy atom. The maximum atomic E-state index is 12.6. The molecule has 8 heteroatoms. The largest absolute Gasteiger partial charge is 0.456 e. The summed E-state index contributed by atoms with van der Waals surface area (Å²) in [6.07, 6.45) is 1.70. The summed E-state index contributed by atoms with van der Waals surface area (Å²) in [7, 11) is 0. The second-order valence-corrected chi connectivity index (χ2v) is 7.40. The monoisotopic (exact) mass is 411 g/mol. The first-order valence-electron chi connectivity index (χ1n) is 9.03. The molecule has 0 radical (unpaired) electrons. The highest BCUT2D eigenvalue weighted by Crippen LogP contribution is 2.22. The van der Waals surface area contributed by atoms with Gasteiger partial charge in [-0.3, -0.25) is 14.2 Å². The Balaban J connectivity index is 1.60. The molecule has 3 aromatic rings. The highest BCUT2D eigenvalue weighted by molar-refractivity contribution is 7.12. The fraction of sp³-hybridized carbons (Fsp3) is 0.238. The summed E-state index contributed by atoms with van der Waals surface area (Å²) >= 11 is 1.47. The van der Waals surface area contributed by atoms with Crippen molar-refractivity contribution in [2.75, 3.05) is 6.61 Å². The number of nitrogens with zero attached hydrogens (tertiary/aromatic N) is 2. The van der Waals surface area contributed by atoms with Crippen molar-refractivity contribution in [2.24, 2.45) is 0 Å². The van der Waals surface area contributed by atoms with Gasteiger partial charge < -0.3 is 10.1 Å². The molecule has 1 atom stereocenters. The number of carbonyl (C=O) groups is 3. The van der Waals surface area contributed by atoms with Crippen LogP contribution in [0.1, 0.15) is 39.0 Å². The van der Waals surface area contributed by atoms with Gasteiger partial charge in [0.15, 0.2) is 11.7 Å². The van der Waals surface area contributed by atoms with Crippen LogP contribution in [0.3, 0.4) is 0 Å². The van der Waals surface area contributed by atoms with E-state index in [-0.39, 0.29) is 11.7 Å². The number of hydrogen-bond acceptors (Lipinski definition) is 6. The standard InChI is InChI=1S/C21H21N3O4S/c1-13-11-17(15(3)24(13)21-22-9-10-29-21)18(25)12-28-20(27)14(2)23-19(26)16-7-5-4-6-8-16/h4-11,14H,12H2,1-3H3,(H,23,26). The molecule has 0 bridgehead atoms. The number of hydrogen-bond donors (Lipinski definition) is 1. The van der Waals surface area contributed by atoms with Crippen LogP contribution < -0.4 is 5.32 Å². The van der Waals surface area contributed by atoms with Crippen LogP contribution >= 0.6 is 11.3 Å². The number of rotatable bonds is 7. The second-order valence-electron chi connectivity index (χ2n) is 6.53. The van der Waals surface area contributed by atoms with Gasteiger partial charge in [0.25, 0.3) is 5.91 Å². The predicted octanol–water partition coefficient (Wildman–Crippen LogP) is 3.10. The summed E-state index contributed by atoms with van der Waals surface area (Å²) in [5.74, 6) is -1.36. The lowest BCUT2D eigenvalue weighted by Gasteiger charge is -2.13. The lowest BCUT2D eigenvalue weighted by molar-refractivity contribution is -0.144. The molecule has 0 spiro atoms. The van der Waals surface area contributed by atoms with Crippen molar-refractivity contribution < 1.29 is 19.1 Å². The van der Waals surface area contributed by atoms with Gasteiger partial charge in [-0.2, -0.15) is 0 Å². The van der Waals surface area contributed by atoms with E-state index in [2.05, 4.69) is 10.3 Å². The van der Waals surface area contributed by atoms with Gasteiger partial charge in [-0.05, 0) is 39.0 Å². The molecule has 3 rings (SSSR count). The van der Waals surface area contributed by atoms with E-state index in [9.17, 15) is 14.4 Å². The fourth-order valence-electron chi connectivity index (χ4n) is 2.93. The first-order valence-corrected chi connectivity index (χ1v) is 9.91. The van der Waals surface area contributed by atoms with E-state index >= 15 is 0 Å². The maximum absolute atomic E-state index is 12.6. The van der Waals surface area contributed by atoms with E-state index in [1.165, 1.54) is 18.3 Å². The molecule has 0 saturated carbocycles. The molecule has 2 aromatic heterocycles. The van der Waals surface area contributed by atoms with Crippen LogP contribution in [0.15, 0.2) is 48.0 Å². The predicted molar refractivity (Wildman–Crippen MR) is 110 cm³/mol. The summed E-state index contributed by atoms with van der Waals surface area (Å²) < 4.78 is 7.02. The summed E-state index contributed by atoms with van der Waals surface area (Å²) in [5.41, 5.74) is 2.53.